The third kappa shape index (κ3) is 3.72. The second-order valence-electron chi connectivity index (χ2n) is 6.19. The van der Waals surface area contributed by atoms with E-state index in [4.69, 9.17) is 0 Å². The van der Waals surface area contributed by atoms with Gasteiger partial charge < -0.3 is 4.90 Å². The highest BCUT2D eigenvalue weighted by atomic mass is 32.2. The molecule has 26 heavy (non-hydrogen) atoms. The van der Waals surface area contributed by atoms with Gasteiger partial charge in [-0.05, 0) is 38.1 Å². The van der Waals surface area contributed by atoms with Gasteiger partial charge in [0.15, 0.2) is 5.78 Å². The van der Waals surface area contributed by atoms with Crippen LogP contribution in [0.25, 0.3) is 0 Å². The highest BCUT2D eigenvalue weighted by molar-refractivity contribution is 7.89. The highest BCUT2D eigenvalue weighted by Crippen LogP contribution is 2.21. The van der Waals surface area contributed by atoms with Crippen LogP contribution in [0.1, 0.15) is 31.8 Å². The topological polar surface area (TPSA) is 74.8 Å². The molecule has 2 aromatic rings. The number of rotatable bonds is 4. The summed E-state index contributed by atoms with van der Waals surface area (Å²) in [5, 5.41) is 0. The van der Waals surface area contributed by atoms with Crippen molar-refractivity contribution in [2.75, 3.05) is 26.2 Å². The van der Waals surface area contributed by atoms with Gasteiger partial charge in [0.05, 0.1) is 9.77 Å². The van der Waals surface area contributed by atoms with Crippen molar-refractivity contribution in [1.82, 2.24) is 9.21 Å². The Hall–Kier alpha value is -2.03. The lowest BCUT2D eigenvalue weighted by Gasteiger charge is -2.33. The number of carbonyl (C=O) groups is 2. The second kappa shape index (κ2) is 7.30. The fourth-order valence-electron chi connectivity index (χ4n) is 2.86. The number of Topliss-reactive ketones (excluding diaryl/α,β-unsaturated/α-hetero) is 1. The predicted molar refractivity (Wildman–Crippen MR) is 100 cm³/mol. The van der Waals surface area contributed by atoms with E-state index in [2.05, 4.69) is 0 Å². The van der Waals surface area contributed by atoms with E-state index >= 15 is 0 Å². The van der Waals surface area contributed by atoms with E-state index < -0.39 is 10.0 Å². The SMILES string of the molecule is CC(=O)c1cccc(S(=O)(=O)N2CCN(C(=O)c3ccc(C)s3)CC2)c1. The molecule has 1 amide bonds. The first-order valence-corrected chi connectivity index (χ1v) is 10.5. The summed E-state index contributed by atoms with van der Waals surface area (Å²) in [6, 6.07) is 9.78. The lowest BCUT2D eigenvalue weighted by Crippen LogP contribution is -2.50. The second-order valence-corrected chi connectivity index (χ2v) is 9.42. The summed E-state index contributed by atoms with van der Waals surface area (Å²) in [6.45, 7) is 4.53. The van der Waals surface area contributed by atoms with Crippen molar-refractivity contribution in [3.8, 4) is 0 Å². The van der Waals surface area contributed by atoms with Gasteiger partial charge >= 0.3 is 0 Å². The van der Waals surface area contributed by atoms with Gasteiger partial charge in [-0.25, -0.2) is 8.42 Å². The van der Waals surface area contributed by atoms with Crippen molar-refractivity contribution in [2.24, 2.45) is 0 Å². The number of thiophene rings is 1. The van der Waals surface area contributed by atoms with Crippen molar-refractivity contribution in [1.29, 1.82) is 0 Å². The molecule has 1 aliphatic rings. The Balaban J connectivity index is 1.72. The lowest BCUT2D eigenvalue weighted by atomic mass is 10.2. The molecule has 0 radical (unpaired) electrons. The van der Waals surface area contributed by atoms with Crippen LogP contribution >= 0.6 is 11.3 Å². The number of carbonyl (C=O) groups excluding carboxylic acids is 2. The molecule has 2 heterocycles. The molecule has 0 atom stereocenters. The van der Waals surface area contributed by atoms with E-state index in [9.17, 15) is 18.0 Å². The molecule has 0 saturated carbocycles. The maximum atomic E-state index is 12.8. The van der Waals surface area contributed by atoms with Crippen molar-refractivity contribution in [3.63, 3.8) is 0 Å². The molecule has 0 spiro atoms. The van der Waals surface area contributed by atoms with Crippen LogP contribution in [0.5, 0.6) is 0 Å². The van der Waals surface area contributed by atoms with Crippen LogP contribution < -0.4 is 0 Å². The zero-order valence-corrected chi connectivity index (χ0v) is 16.3. The number of piperazine rings is 1. The number of aryl methyl sites for hydroxylation is 1. The molecule has 1 aromatic heterocycles. The first-order valence-electron chi connectivity index (χ1n) is 8.26. The van der Waals surface area contributed by atoms with E-state index in [0.29, 0.717) is 23.5 Å². The average Bonchev–Trinajstić information content (AvgIpc) is 3.07. The molecular formula is C18H20N2O4S2. The molecule has 0 N–H and O–H groups in total. The first kappa shape index (κ1) is 18.8. The third-order valence-electron chi connectivity index (χ3n) is 4.36. The number of hydrogen-bond donors (Lipinski definition) is 0. The highest BCUT2D eigenvalue weighted by Gasteiger charge is 2.31. The maximum Gasteiger partial charge on any atom is 0.264 e. The van der Waals surface area contributed by atoms with E-state index in [-0.39, 0.29) is 29.7 Å². The summed E-state index contributed by atoms with van der Waals surface area (Å²) in [6.07, 6.45) is 0. The predicted octanol–water partition coefficient (Wildman–Crippen LogP) is 2.41. The molecule has 6 nitrogen and oxygen atoms in total. The molecule has 0 bridgehead atoms. The van der Waals surface area contributed by atoms with Crippen LogP contribution in [0.3, 0.4) is 0 Å². The van der Waals surface area contributed by atoms with Gasteiger partial charge in [-0.3, -0.25) is 9.59 Å². The van der Waals surface area contributed by atoms with Gasteiger partial charge in [-0.15, -0.1) is 11.3 Å². The maximum absolute atomic E-state index is 12.8. The minimum Gasteiger partial charge on any atom is -0.335 e. The van der Waals surface area contributed by atoms with Gasteiger partial charge in [-0.2, -0.15) is 4.31 Å². The summed E-state index contributed by atoms with van der Waals surface area (Å²) in [7, 11) is -3.68. The van der Waals surface area contributed by atoms with Crippen molar-refractivity contribution in [2.45, 2.75) is 18.7 Å². The lowest BCUT2D eigenvalue weighted by molar-refractivity contribution is 0.0702. The molecule has 1 saturated heterocycles. The van der Waals surface area contributed by atoms with Crippen molar-refractivity contribution in [3.05, 3.63) is 51.7 Å². The summed E-state index contributed by atoms with van der Waals surface area (Å²) in [4.78, 5) is 27.5. The molecular weight excluding hydrogens is 372 g/mol. The Morgan fingerprint density at radius 3 is 2.31 bits per heavy atom. The smallest absolute Gasteiger partial charge is 0.264 e. The molecule has 0 unspecified atom stereocenters. The Kier molecular flexibility index (Phi) is 5.27. The Bertz CT molecular complexity index is 942. The first-order chi connectivity index (χ1) is 12.3. The normalized spacial score (nSPS) is 15.8. The number of hydrogen-bond acceptors (Lipinski definition) is 5. The molecule has 1 fully saturated rings. The fourth-order valence-corrected chi connectivity index (χ4v) is 5.17. The Morgan fingerprint density at radius 2 is 1.73 bits per heavy atom. The van der Waals surface area contributed by atoms with Gasteiger partial charge in [-0.1, -0.05) is 12.1 Å². The zero-order chi connectivity index (χ0) is 18.9. The summed E-state index contributed by atoms with van der Waals surface area (Å²) in [5.41, 5.74) is 0.368. The summed E-state index contributed by atoms with van der Waals surface area (Å²) in [5.74, 6) is -0.234. The van der Waals surface area contributed by atoms with E-state index in [1.165, 1.54) is 34.7 Å². The monoisotopic (exact) mass is 392 g/mol. The quantitative estimate of drug-likeness (QED) is 0.749. The van der Waals surface area contributed by atoms with Crippen LogP contribution in [0, 0.1) is 6.92 Å². The number of nitrogens with zero attached hydrogens (tertiary/aromatic N) is 2. The van der Waals surface area contributed by atoms with Gasteiger partial charge in [0, 0.05) is 36.6 Å². The third-order valence-corrected chi connectivity index (χ3v) is 7.24. The van der Waals surface area contributed by atoms with Crippen LogP contribution in [-0.4, -0.2) is 55.5 Å². The standard InChI is InChI=1S/C18H20N2O4S2/c1-13-6-7-17(25-13)18(22)19-8-10-20(11-9-19)26(23,24)16-5-3-4-15(12-16)14(2)21/h3-7,12H,8-11H2,1-2H3. The largest absolute Gasteiger partial charge is 0.335 e. The number of benzene rings is 1. The molecule has 0 aliphatic carbocycles. The van der Waals surface area contributed by atoms with E-state index in [1.807, 2.05) is 13.0 Å². The van der Waals surface area contributed by atoms with Gasteiger partial charge in [0.2, 0.25) is 10.0 Å². The zero-order valence-electron chi connectivity index (χ0n) is 14.6. The van der Waals surface area contributed by atoms with Crippen molar-refractivity contribution >= 4 is 33.1 Å². The van der Waals surface area contributed by atoms with Crippen molar-refractivity contribution < 1.29 is 18.0 Å². The van der Waals surface area contributed by atoms with Crippen LogP contribution in [-0.2, 0) is 10.0 Å². The molecule has 8 heteroatoms. The minimum absolute atomic E-state index is 0.0567. The molecule has 1 aromatic carbocycles. The molecule has 138 valence electrons. The Labute approximate surface area is 157 Å². The van der Waals surface area contributed by atoms with Gasteiger partial charge in [0.1, 0.15) is 0 Å². The Morgan fingerprint density at radius 1 is 1.04 bits per heavy atom. The number of ketones is 1. The van der Waals surface area contributed by atoms with Gasteiger partial charge in [0.25, 0.3) is 5.91 Å². The average molecular weight is 393 g/mol. The van der Waals surface area contributed by atoms with E-state index in [0.717, 1.165) is 4.88 Å². The minimum atomic E-state index is -3.68. The molecule has 3 rings (SSSR count). The summed E-state index contributed by atoms with van der Waals surface area (Å²) < 4.78 is 27.0. The van der Waals surface area contributed by atoms with E-state index in [1.54, 1.807) is 23.1 Å². The van der Waals surface area contributed by atoms with Crippen LogP contribution in [0.2, 0.25) is 0 Å². The molecule has 1 aliphatic heterocycles. The van der Waals surface area contributed by atoms with Crippen LogP contribution in [0.4, 0.5) is 0 Å². The summed E-state index contributed by atoms with van der Waals surface area (Å²) >= 11 is 1.44. The fraction of sp³-hybridized carbons (Fsp3) is 0.333. The number of sulfonamides is 1. The number of amides is 1. The van der Waals surface area contributed by atoms with Crippen LogP contribution in [0.15, 0.2) is 41.3 Å².